The van der Waals surface area contributed by atoms with Crippen molar-refractivity contribution in [1.82, 2.24) is 14.7 Å². The third kappa shape index (κ3) is 3.89. The van der Waals surface area contributed by atoms with Crippen LogP contribution in [0.4, 0.5) is 19.0 Å². The van der Waals surface area contributed by atoms with E-state index in [4.69, 9.17) is 0 Å². The third-order valence-corrected chi connectivity index (χ3v) is 7.04. The van der Waals surface area contributed by atoms with Crippen molar-refractivity contribution >= 4 is 23.1 Å². The number of carbonyl (C=O) groups is 1. The average molecular weight is 427 g/mol. The predicted octanol–water partition coefficient (Wildman–Crippen LogP) is 4.89. The van der Waals surface area contributed by atoms with Crippen molar-refractivity contribution in [3.8, 4) is 0 Å². The second kappa shape index (κ2) is 7.34. The van der Waals surface area contributed by atoms with Gasteiger partial charge in [-0.15, -0.1) is 11.3 Å². The molecule has 9 heteroatoms. The third-order valence-electron chi connectivity index (χ3n) is 5.90. The van der Waals surface area contributed by atoms with E-state index in [1.165, 1.54) is 11.3 Å². The molecule has 1 N–H and O–H groups in total. The zero-order valence-electron chi connectivity index (χ0n) is 16.7. The molecule has 3 atom stereocenters. The van der Waals surface area contributed by atoms with Crippen LogP contribution in [0.15, 0.2) is 12.1 Å². The van der Waals surface area contributed by atoms with E-state index in [1.807, 2.05) is 24.8 Å². The number of nitrogens with zero attached hydrogens (tertiary/aromatic N) is 3. The topological polar surface area (TPSA) is 50.2 Å². The first-order valence-electron chi connectivity index (χ1n) is 9.92. The van der Waals surface area contributed by atoms with Crippen molar-refractivity contribution < 1.29 is 18.0 Å². The Morgan fingerprint density at radius 2 is 2.07 bits per heavy atom. The number of rotatable bonds is 2. The molecule has 0 unspecified atom stereocenters. The number of aromatic nitrogens is 2. The van der Waals surface area contributed by atoms with Crippen LogP contribution in [-0.4, -0.2) is 45.9 Å². The van der Waals surface area contributed by atoms with Crippen LogP contribution in [0, 0.1) is 13.8 Å². The number of carbonyl (C=O) groups excluding carboxylic acids is 1. The molecular weight excluding hydrogens is 401 g/mol. The number of hydrogen-bond acceptors (Lipinski definition) is 4. The van der Waals surface area contributed by atoms with Crippen molar-refractivity contribution in [2.75, 3.05) is 18.4 Å². The quantitative estimate of drug-likeness (QED) is 0.744. The Morgan fingerprint density at radius 3 is 2.72 bits per heavy atom. The standard InChI is InChI=1S/C20H25F3N4OS/c1-11-7-16(29-13(11)3)19(28)26-6-4-5-14(10-26)15-9-18-24-12(2)8-17(20(21,22)23)27(18)25-15/h7,9,12,14,17,24H,4-6,8,10H2,1-3H3/t12-,14-,17-/m1/s1. The van der Waals surface area contributed by atoms with Crippen molar-refractivity contribution in [1.29, 1.82) is 0 Å². The van der Waals surface area contributed by atoms with E-state index in [0.717, 1.165) is 32.8 Å². The number of piperidine rings is 1. The van der Waals surface area contributed by atoms with Gasteiger partial charge >= 0.3 is 6.18 Å². The summed E-state index contributed by atoms with van der Waals surface area (Å²) in [6, 6.07) is 1.77. The highest BCUT2D eigenvalue weighted by Crippen LogP contribution is 2.40. The number of nitrogens with one attached hydrogen (secondary N) is 1. The lowest BCUT2D eigenvalue weighted by atomic mass is 9.94. The van der Waals surface area contributed by atoms with E-state index < -0.39 is 12.2 Å². The number of halogens is 3. The molecule has 2 aliphatic heterocycles. The summed E-state index contributed by atoms with van der Waals surface area (Å²) in [5.41, 5.74) is 1.74. The summed E-state index contributed by atoms with van der Waals surface area (Å²) < 4.78 is 41.6. The molecule has 4 rings (SSSR count). The van der Waals surface area contributed by atoms with Gasteiger partial charge in [0.1, 0.15) is 5.82 Å². The summed E-state index contributed by atoms with van der Waals surface area (Å²) in [5, 5.41) is 7.45. The molecule has 0 bridgehead atoms. The molecule has 0 aromatic carbocycles. The molecule has 2 aromatic rings. The minimum atomic E-state index is -4.34. The lowest BCUT2D eigenvalue weighted by molar-refractivity contribution is -0.173. The first-order valence-corrected chi connectivity index (χ1v) is 10.7. The van der Waals surface area contributed by atoms with Crippen molar-refractivity contribution in [2.24, 2.45) is 0 Å². The molecule has 5 nitrogen and oxygen atoms in total. The summed E-state index contributed by atoms with van der Waals surface area (Å²) >= 11 is 1.49. The lowest BCUT2D eigenvalue weighted by Gasteiger charge is -2.32. The Balaban J connectivity index is 1.55. The average Bonchev–Trinajstić information content (AvgIpc) is 3.23. The van der Waals surface area contributed by atoms with Gasteiger partial charge in [0.05, 0.1) is 10.6 Å². The van der Waals surface area contributed by atoms with Gasteiger partial charge < -0.3 is 10.2 Å². The Kier molecular flexibility index (Phi) is 5.13. The van der Waals surface area contributed by atoms with E-state index in [9.17, 15) is 18.0 Å². The summed E-state index contributed by atoms with van der Waals surface area (Å²) in [6.07, 6.45) is -2.74. The molecule has 158 valence electrons. The Hall–Kier alpha value is -2.03. The largest absolute Gasteiger partial charge is 0.410 e. The normalized spacial score (nSPS) is 24.9. The Bertz CT molecular complexity index is 900. The van der Waals surface area contributed by atoms with Crippen LogP contribution in [0.25, 0.3) is 0 Å². The zero-order valence-corrected chi connectivity index (χ0v) is 17.5. The maximum atomic E-state index is 13.5. The fraction of sp³-hybridized carbons (Fsp3) is 0.600. The number of thiophene rings is 1. The molecule has 1 amide bonds. The van der Waals surface area contributed by atoms with Gasteiger partial charge in [-0.25, -0.2) is 4.68 Å². The van der Waals surface area contributed by atoms with E-state index >= 15 is 0 Å². The molecule has 0 radical (unpaired) electrons. The summed E-state index contributed by atoms with van der Waals surface area (Å²) in [6.45, 7) is 6.89. The highest BCUT2D eigenvalue weighted by molar-refractivity contribution is 7.14. The van der Waals surface area contributed by atoms with Crippen LogP contribution in [0.5, 0.6) is 0 Å². The van der Waals surface area contributed by atoms with Gasteiger partial charge in [0.25, 0.3) is 5.91 Å². The molecule has 0 spiro atoms. The fourth-order valence-corrected chi connectivity index (χ4v) is 5.22. The summed E-state index contributed by atoms with van der Waals surface area (Å²) in [4.78, 5) is 16.6. The minimum Gasteiger partial charge on any atom is -0.368 e. The summed E-state index contributed by atoms with van der Waals surface area (Å²) in [5.74, 6) is 0.354. The van der Waals surface area contributed by atoms with Gasteiger partial charge in [-0.05, 0) is 51.7 Å². The Morgan fingerprint density at radius 1 is 1.31 bits per heavy atom. The number of amides is 1. The highest BCUT2D eigenvalue weighted by Gasteiger charge is 2.46. The van der Waals surface area contributed by atoms with Crippen molar-refractivity contribution in [3.63, 3.8) is 0 Å². The molecule has 29 heavy (non-hydrogen) atoms. The second-order valence-corrected chi connectivity index (χ2v) is 9.43. The molecule has 1 saturated heterocycles. The van der Waals surface area contributed by atoms with Gasteiger partial charge in [-0.1, -0.05) is 0 Å². The number of hydrogen-bond donors (Lipinski definition) is 1. The smallest absolute Gasteiger partial charge is 0.368 e. The fourth-order valence-electron chi connectivity index (χ4n) is 4.21. The molecule has 1 fully saturated rings. The molecule has 4 heterocycles. The highest BCUT2D eigenvalue weighted by atomic mass is 32.1. The molecule has 2 aliphatic rings. The SMILES string of the molecule is Cc1cc(C(=O)N2CCC[C@@H](c3cc4n(n3)[C@@H](C(F)(F)F)C[C@@H](C)N4)C2)sc1C. The molecule has 0 saturated carbocycles. The Labute approximate surface area is 171 Å². The molecular formula is C20H25F3N4OS. The first kappa shape index (κ1) is 20.3. The number of aryl methyl sites for hydroxylation is 2. The van der Waals surface area contributed by atoms with Crippen LogP contribution in [-0.2, 0) is 0 Å². The van der Waals surface area contributed by atoms with Gasteiger partial charge in [0.15, 0.2) is 6.04 Å². The number of alkyl halides is 3. The van der Waals surface area contributed by atoms with Crippen molar-refractivity contribution in [2.45, 2.75) is 64.2 Å². The van der Waals surface area contributed by atoms with Gasteiger partial charge in [-0.2, -0.15) is 18.3 Å². The maximum absolute atomic E-state index is 13.5. The van der Waals surface area contributed by atoms with E-state index in [0.29, 0.717) is 24.6 Å². The molecule has 0 aliphatic carbocycles. The molecule has 2 aromatic heterocycles. The first-order chi connectivity index (χ1) is 13.6. The number of anilines is 1. The van der Waals surface area contributed by atoms with E-state index in [1.54, 1.807) is 13.0 Å². The van der Waals surface area contributed by atoms with Gasteiger partial charge in [-0.3, -0.25) is 4.79 Å². The van der Waals surface area contributed by atoms with Gasteiger partial charge in [0, 0.05) is 36.0 Å². The van der Waals surface area contributed by atoms with Crippen LogP contribution in [0.3, 0.4) is 0 Å². The van der Waals surface area contributed by atoms with E-state index in [-0.39, 0.29) is 24.3 Å². The summed E-state index contributed by atoms with van der Waals surface area (Å²) in [7, 11) is 0. The predicted molar refractivity (Wildman–Crippen MR) is 107 cm³/mol. The van der Waals surface area contributed by atoms with E-state index in [2.05, 4.69) is 10.4 Å². The van der Waals surface area contributed by atoms with Crippen LogP contribution in [0.1, 0.15) is 64.0 Å². The van der Waals surface area contributed by atoms with Crippen molar-refractivity contribution in [3.05, 3.63) is 33.1 Å². The number of fused-ring (bicyclic) bond motifs is 1. The maximum Gasteiger partial charge on any atom is 0.410 e. The minimum absolute atomic E-state index is 0.000196. The number of likely N-dealkylation sites (tertiary alicyclic amines) is 1. The lowest BCUT2D eigenvalue weighted by Crippen LogP contribution is -2.39. The van der Waals surface area contributed by atoms with Crippen LogP contribution >= 0.6 is 11.3 Å². The van der Waals surface area contributed by atoms with Crippen LogP contribution < -0.4 is 5.32 Å². The zero-order chi connectivity index (χ0) is 20.9. The monoisotopic (exact) mass is 426 g/mol. The van der Waals surface area contributed by atoms with Gasteiger partial charge in [0.2, 0.25) is 0 Å². The second-order valence-electron chi connectivity index (χ2n) is 8.18. The van der Waals surface area contributed by atoms with Crippen LogP contribution in [0.2, 0.25) is 0 Å².